The van der Waals surface area contributed by atoms with Crippen molar-refractivity contribution in [2.75, 3.05) is 13.7 Å². The second-order valence-electron chi connectivity index (χ2n) is 3.78. The molecular formula is C11H15NO5S. The van der Waals surface area contributed by atoms with Gasteiger partial charge in [-0.25, -0.2) is 8.42 Å². The second kappa shape index (κ2) is 5.94. The van der Waals surface area contributed by atoms with Crippen LogP contribution in [0.15, 0.2) is 29.2 Å². The van der Waals surface area contributed by atoms with Crippen molar-refractivity contribution in [2.45, 2.75) is 17.9 Å². The average molecular weight is 273 g/mol. The van der Waals surface area contributed by atoms with Crippen LogP contribution in [0.2, 0.25) is 0 Å². The second-order valence-corrected chi connectivity index (χ2v) is 5.50. The van der Waals surface area contributed by atoms with E-state index in [-0.39, 0.29) is 11.5 Å². The van der Waals surface area contributed by atoms with Gasteiger partial charge in [0.2, 0.25) is 10.0 Å². The van der Waals surface area contributed by atoms with Crippen LogP contribution >= 0.6 is 0 Å². The SMILES string of the molecule is COCC(NS(=O)(=O)c1cccc(C)c1)C(=O)O. The Morgan fingerprint density at radius 1 is 1.50 bits per heavy atom. The largest absolute Gasteiger partial charge is 0.480 e. The maximum atomic E-state index is 11.9. The monoisotopic (exact) mass is 273 g/mol. The molecule has 0 fully saturated rings. The standard InChI is InChI=1S/C11H15NO5S/c1-8-4-3-5-9(6-8)18(15,16)12-10(7-17-2)11(13)14/h3-6,10,12H,7H2,1-2H3,(H,13,14). The van der Waals surface area contributed by atoms with Crippen molar-refractivity contribution in [3.05, 3.63) is 29.8 Å². The minimum Gasteiger partial charge on any atom is -0.480 e. The van der Waals surface area contributed by atoms with Crippen LogP contribution in [-0.4, -0.2) is 39.3 Å². The molecule has 7 heteroatoms. The Kier molecular flexibility index (Phi) is 4.83. The number of hydrogen-bond donors (Lipinski definition) is 2. The third kappa shape index (κ3) is 3.80. The molecule has 0 saturated heterocycles. The van der Waals surface area contributed by atoms with Gasteiger partial charge in [-0.05, 0) is 24.6 Å². The molecule has 0 spiro atoms. The van der Waals surface area contributed by atoms with Crippen molar-refractivity contribution < 1.29 is 23.1 Å². The molecule has 0 amide bonds. The highest BCUT2D eigenvalue weighted by atomic mass is 32.2. The summed E-state index contributed by atoms with van der Waals surface area (Å²) < 4.78 is 30.6. The zero-order valence-electron chi connectivity index (χ0n) is 10.1. The van der Waals surface area contributed by atoms with Crippen molar-refractivity contribution in [3.8, 4) is 0 Å². The van der Waals surface area contributed by atoms with Gasteiger partial charge >= 0.3 is 5.97 Å². The summed E-state index contributed by atoms with van der Waals surface area (Å²) in [6.45, 7) is 1.52. The highest BCUT2D eigenvalue weighted by Gasteiger charge is 2.25. The minimum atomic E-state index is -3.86. The van der Waals surface area contributed by atoms with E-state index in [4.69, 9.17) is 5.11 Å². The topological polar surface area (TPSA) is 92.7 Å². The quantitative estimate of drug-likeness (QED) is 0.781. The Morgan fingerprint density at radius 2 is 2.17 bits per heavy atom. The van der Waals surface area contributed by atoms with E-state index in [1.807, 2.05) is 0 Å². The predicted octanol–water partition coefficient (Wildman–Crippen LogP) is 0.373. The van der Waals surface area contributed by atoms with E-state index in [1.165, 1.54) is 19.2 Å². The number of methoxy groups -OCH3 is 1. The molecule has 0 aliphatic heterocycles. The lowest BCUT2D eigenvalue weighted by atomic mass is 10.2. The van der Waals surface area contributed by atoms with E-state index in [1.54, 1.807) is 19.1 Å². The molecule has 0 bridgehead atoms. The fourth-order valence-corrected chi connectivity index (χ4v) is 2.64. The lowest BCUT2D eigenvalue weighted by Crippen LogP contribution is -2.43. The predicted molar refractivity (Wildman–Crippen MR) is 64.8 cm³/mol. The molecule has 0 aliphatic rings. The number of rotatable bonds is 6. The first-order valence-electron chi connectivity index (χ1n) is 5.17. The first-order chi connectivity index (χ1) is 8.36. The molecule has 1 atom stereocenters. The number of aryl methyl sites for hydroxylation is 1. The average Bonchev–Trinajstić information content (AvgIpc) is 2.28. The minimum absolute atomic E-state index is 0.0323. The summed E-state index contributed by atoms with van der Waals surface area (Å²) in [7, 11) is -2.56. The van der Waals surface area contributed by atoms with Crippen molar-refractivity contribution in [1.29, 1.82) is 0 Å². The smallest absolute Gasteiger partial charge is 0.324 e. The van der Waals surface area contributed by atoms with Crippen molar-refractivity contribution in [2.24, 2.45) is 0 Å². The van der Waals surface area contributed by atoms with Gasteiger partial charge < -0.3 is 9.84 Å². The summed E-state index contributed by atoms with van der Waals surface area (Å²) in [5.41, 5.74) is 0.775. The molecule has 0 saturated carbocycles. The molecule has 18 heavy (non-hydrogen) atoms. The number of nitrogens with one attached hydrogen (secondary N) is 1. The molecule has 2 N–H and O–H groups in total. The molecule has 0 aromatic heterocycles. The van der Waals surface area contributed by atoms with Gasteiger partial charge in [-0.3, -0.25) is 4.79 Å². The number of ether oxygens (including phenoxy) is 1. The first kappa shape index (κ1) is 14.6. The van der Waals surface area contributed by atoms with Gasteiger partial charge in [0.15, 0.2) is 0 Å². The van der Waals surface area contributed by atoms with Crippen LogP contribution in [0.1, 0.15) is 5.56 Å². The molecule has 6 nitrogen and oxygen atoms in total. The van der Waals surface area contributed by atoms with Gasteiger partial charge in [0.25, 0.3) is 0 Å². The summed E-state index contributed by atoms with van der Waals surface area (Å²) in [6.07, 6.45) is 0. The van der Waals surface area contributed by atoms with Gasteiger partial charge in [-0.2, -0.15) is 4.72 Å². The molecular weight excluding hydrogens is 258 g/mol. The van der Waals surface area contributed by atoms with E-state index in [0.29, 0.717) is 0 Å². The normalized spacial score (nSPS) is 13.2. The lowest BCUT2D eigenvalue weighted by Gasteiger charge is -2.14. The number of benzene rings is 1. The van der Waals surface area contributed by atoms with Crippen LogP contribution in [0.25, 0.3) is 0 Å². The summed E-state index contributed by atoms with van der Waals surface area (Å²) in [4.78, 5) is 10.9. The van der Waals surface area contributed by atoms with E-state index < -0.39 is 22.0 Å². The summed E-state index contributed by atoms with van der Waals surface area (Å²) in [5, 5.41) is 8.86. The maximum Gasteiger partial charge on any atom is 0.324 e. The number of hydrogen-bond acceptors (Lipinski definition) is 4. The summed E-state index contributed by atoms with van der Waals surface area (Å²) >= 11 is 0. The lowest BCUT2D eigenvalue weighted by molar-refractivity contribution is -0.140. The van der Waals surface area contributed by atoms with Gasteiger partial charge in [-0.15, -0.1) is 0 Å². The van der Waals surface area contributed by atoms with Crippen molar-refractivity contribution >= 4 is 16.0 Å². The van der Waals surface area contributed by atoms with Gasteiger partial charge in [0.05, 0.1) is 11.5 Å². The third-order valence-corrected chi connectivity index (χ3v) is 3.70. The molecule has 0 heterocycles. The Bertz CT molecular complexity index is 526. The van der Waals surface area contributed by atoms with Gasteiger partial charge in [0.1, 0.15) is 6.04 Å². The van der Waals surface area contributed by atoms with Gasteiger partial charge in [-0.1, -0.05) is 12.1 Å². The molecule has 100 valence electrons. The molecule has 1 aromatic carbocycles. The Hall–Kier alpha value is -1.44. The number of sulfonamides is 1. The van der Waals surface area contributed by atoms with Crippen LogP contribution < -0.4 is 4.72 Å². The highest BCUT2D eigenvalue weighted by Crippen LogP contribution is 2.11. The van der Waals surface area contributed by atoms with Crippen LogP contribution in [0.4, 0.5) is 0 Å². The number of carbonyl (C=O) groups is 1. The Balaban J connectivity index is 2.97. The van der Waals surface area contributed by atoms with E-state index in [0.717, 1.165) is 5.56 Å². The molecule has 0 radical (unpaired) electrons. The number of carboxylic acid groups (broad SMARTS) is 1. The maximum absolute atomic E-state index is 11.9. The van der Waals surface area contributed by atoms with E-state index in [2.05, 4.69) is 9.46 Å². The Morgan fingerprint density at radius 3 is 2.67 bits per heavy atom. The van der Waals surface area contributed by atoms with Crippen molar-refractivity contribution in [3.63, 3.8) is 0 Å². The van der Waals surface area contributed by atoms with Crippen LogP contribution in [0, 0.1) is 6.92 Å². The zero-order chi connectivity index (χ0) is 13.8. The molecule has 1 rings (SSSR count). The number of carboxylic acids is 1. The van der Waals surface area contributed by atoms with Gasteiger partial charge in [0, 0.05) is 7.11 Å². The fraction of sp³-hybridized carbons (Fsp3) is 0.364. The number of aliphatic carboxylic acids is 1. The molecule has 0 aliphatic carbocycles. The Labute approximate surface area is 106 Å². The zero-order valence-corrected chi connectivity index (χ0v) is 10.9. The summed E-state index contributed by atoms with van der Waals surface area (Å²) in [6, 6.07) is 4.91. The van der Waals surface area contributed by atoms with Crippen molar-refractivity contribution in [1.82, 2.24) is 4.72 Å². The highest BCUT2D eigenvalue weighted by molar-refractivity contribution is 7.89. The molecule has 1 aromatic rings. The summed E-state index contributed by atoms with van der Waals surface area (Å²) in [5.74, 6) is -1.28. The molecule has 1 unspecified atom stereocenters. The van der Waals surface area contributed by atoms with Crippen LogP contribution in [0.5, 0.6) is 0 Å². The third-order valence-electron chi connectivity index (χ3n) is 2.23. The van der Waals surface area contributed by atoms with E-state index >= 15 is 0 Å². The first-order valence-corrected chi connectivity index (χ1v) is 6.66. The van der Waals surface area contributed by atoms with Crippen LogP contribution in [0.3, 0.4) is 0 Å². The van der Waals surface area contributed by atoms with Crippen LogP contribution in [-0.2, 0) is 19.6 Å². The fourth-order valence-electron chi connectivity index (χ4n) is 1.36. The van der Waals surface area contributed by atoms with E-state index in [9.17, 15) is 13.2 Å².